The third kappa shape index (κ3) is 9.50. The van der Waals surface area contributed by atoms with Gasteiger partial charge in [-0.2, -0.15) is 0 Å². The number of carbonyl (C=O) groups excluding carboxylic acids is 1. The Bertz CT molecular complexity index is 596. The van der Waals surface area contributed by atoms with Crippen LogP contribution in [0.15, 0.2) is 11.8 Å². The molecule has 198 valence electrons. The Morgan fingerprint density at radius 1 is 0.853 bits per heavy atom. The zero-order chi connectivity index (χ0) is 24.9. The maximum Gasteiger partial charge on any atom is 0.311 e. The molecule has 3 aliphatic rings. The molecule has 3 saturated carbocycles. The topological polar surface area (TPSA) is 96.2 Å². The van der Waals surface area contributed by atoms with E-state index in [1.54, 1.807) is 0 Å². The molecule has 0 aromatic carbocycles. The van der Waals surface area contributed by atoms with Crippen molar-refractivity contribution in [3.63, 3.8) is 0 Å². The Balaban J connectivity index is 0.000000257. The van der Waals surface area contributed by atoms with Crippen LogP contribution in [0, 0.1) is 29.6 Å². The van der Waals surface area contributed by atoms with Crippen LogP contribution in [0.25, 0.3) is 0 Å². The van der Waals surface area contributed by atoms with E-state index in [1.165, 1.54) is 25.7 Å². The molecule has 0 aliphatic heterocycles. The highest BCUT2D eigenvalue weighted by atomic mass is 16.5. The summed E-state index contributed by atoms with van der Waals surface area (Å²) in [6, 6.07) is 0. The fourth-order valence-electron chi connectivity index (χ4n) is 5.73. The lowest BCUT2D eigenvalue weighted by Gasteiger charge is -2.31. The SMILES string of the molecule is C/C=C(\OCCO)C1CCCCC1O.CC(C)C1CCC(COC(=O)C2CCCCC2O)CC1. The minimum Gasteiger partial charge on any atom is -0.495 e. The number of esters is 1. The molecule has 0 radical (unpaired) electrons. The van der Waals surface area contributed by atoms with Crippen molar-refractivity contribution in [2.75, 3.05) is 19.8 Å². The van der Waals surface area contributed by atoms with Gasteiger partial charge in [0.25, 0.3) is 0 Å². The molecule has 0 saturated heterocycles. The number of aliphatic hydroxyl groups excluding tert-OH is 3. The van der Waals surface area contributed by atoms with E-state index in [4.69, 9.17) is 14.6 Å². The standard InChI is InChI=1S/C17H30O3.C11H20O3/c1-12(2)14-9-7-13(8-10-14)11-20-17(19)15-5-3-4-6-16(15)18;1-2-11(14-8-7-12)9-5-3-4-6-10(9)13/h12-16,18H,3-11H2,1-2H3;2,9-10,12-13H,3-8H2,1H3/b;11-2-. The highest BCUT2D eigenvalue weighted by molar-refractivity contribution is 5.73. The monoisotopic (exact) mass is 482 g/mol. The van der Waals surface area contributed by atoms with E-state index in [0.29, 0.717) is 19.1 Å². The van der Waals surface area contributed by atoms with Gasteiger partial charge >= 0.3 is 5.97 Å². The van der Waals surface area contributed by atoms with Gasteiger partial charge in [-0.15, -0.1) is 0 Å². The summed E-state index contributed by atoms with van der Waals surface area (Å²) in [6.07, 6.45) is 13.8. The van der Waals surface area contributed by atoms with Crippen molar-refractivity contribution in [3.05, 3.63) is 11.8 Å². The van der Waals surface area contributed by atoms with Gasteiger partial charge in [0.1, 0.15) is 6.61 Å². The van der Waals surface area contributed by atoms with Crippen LogP contribution in [0.4, 0.5) is 0 Å². The predicted octanol–water partition coefficient (Wildman–Crippen LogP) is 4.99. The van der Waals surface area contributed by atoms with Gasteiger partial charge in [-0.25, -0.2) is 0 Å². The summed E-state index contributed by atoms with van der Waals surface area (Å²) in [6.45, 7) is 7.43. The van der Waals surface area contributed by atoms with E-state index in [1.807, 2.05) is 13.0 Å². The molecule has 6 nitrogen and oxygen atoms in total. The van der Waals surface area contributed by atoms with E-state index >= 15 is 0 Å². The van der Waals surface area contributed by atoms with Crippen molar-refractivity contribution >= 4 is 5.97 Å². The first-order valence-electron chi connectivity index (χ1n) is 13.8. The van der Waals surface area contributed by atoms with Crippen LogP contribution in [-0.2, 0) is 14.3 Å². The molecular weight excluding hydrogens is 432 g/mol. The normalized spacial score (nSPS) is 32.5. The molecule has 0 heterocycles. The molecule has 3 aliphatic carbocycles. The first-order valence-corrected chi connectivity index (χ1v) is 13.8. The molecule has 4 atom stereocenters. The summed E-state index contributed by atoms with van der Waals surface area (Å²) in [5.41, 5.74) is 0. The summed E-state index contributed by atoms with van der Waals surface area (Å²) in [4.78, 5) is 12.0. The first-order chi connectivity index (χ1) is 16.4. The summed E-state index contributed by atoms with van der Waals surface area (Å²) < 4.78 is 10.9. The second kappa shape index (κ2) is 15.8. The van der Waals surface area contributed by atoms with Crippen LogP contribution in [-0.4, -0.2) is 53.3 Å². The molecule has 0 aromatic rings. The van der Waals surface area contributed by atoms with Gasteiger partial charge < -0.3 is 24.8 Å². The Morgan fingerprint density at radius 2 is 1.41 bits per heavy atom. The number of allylic oxidation sites excluding steroid dienone is 1. The van der Waals surface area contributed by atoms with Gasteiger partial charge in [0, 0.05) is 5.92 Å². The fraction of sp³-hybridized carbons (Fsp3) is 0.893. The lowest BCUT2D eigenvalue weighted by atomic mass is 9.77. The van der Waals surface area contributed by atoms with Gasteiger partial charge in [-0.3, -0.25) is 4.79 Å². The largest absolute Gasteiger partial charge is 0.495 e. The van der Waals surface area contributed by atoms with Gasteiger partial charge in [-0.05, 0) is 82.1 Å². The van der Waals surface area contributed by atoms with Crippen LogP contribution in [0.5, 0.6) is 0 Å². The molecule has 6 heteroatoms. The van der Waals surface area contributed by atoms with Gasteiger partial charge in [0.05, 0.1) is 37.1 Å². The van der Waals surface area contributed by atoms with Crippen molar-refractivity contribution < 1.29 is 29.6 Å². The third-order valence-electron chi connectivity index (χ3n) is 8.07. The van der Waals surface area contributed by atoms with Crippen molar-refractivity contribution in [1.82, 2.24) is 0 Å². The average molecular weight is 483 g/mol. The predicted molar refractivity (Wildman–Crippen MR) is 134 cm³/mol. The minimum atomic E-state index is -0.479. The van der Waals surface area contributed by atoms with E-state index in [9.17, 15) is 15.0 Å². The molecule has 0 spiro atoms. The Hall–Kier alpha value is -1.11. The number of hydrogen-bond acceptors (Lipinski definition) is 6. The number of carbonyl (C=O) groups is 1. The van der Waals surface area contributed by atoms with Crippen molar-refractivity contribution in [1.29, 1.82) is 0 Å². The Kier molecular flexibility index (Phi) is 13.5. The lowest BCUT2D eigenvalue weighted by Crippen LogP contribution is -2.34. The Labute approximate surface area is 207 Å². The molecule has 0 amide bonds. The molecule has 3 N–H and O–H groups in total. The second-order valence-electron chi connectivity index (χ2n) is 10.8. The summed E-state index contributed by atoms with van der Waals surface area (Å²) >= 11 is 0. The second-order valence-corrected chi connectivity index (χ2v) is 10.8. The third-order valence-corrected chi connectivity index (χ3v) is 8.07. The number of rotatable bonds is 8. The van der Waals surface area contributed by atoms with Gasteiger partial charge in [-0.1, -0.05) is 39.5 Å². The maximum absolute atomic E-state index is 12.0. The molecule has 3 fully saturated rings. The summed E-state index contributed by atoms with van der Waals surface area (Å²) in [5, 5.41) is 28.3. The molecular formula is C28H50O6. The molecule has 34 heavy (non-hydrogen) atoms. The van der Waals surface area contributed by atoms with Crippen LogP contribution in [0.1, 0.15) is 97.8 Å². The van der Waals surface area contributed by atoms with E-state index < -0.39 is 6.10 Å². The van der Waals surface area contributed by atoms with Crippen LogP contribution >= 0.6 is 0 Å². The highest BCUT2D eigenvalue weighted by Gasteiger charge is 2.32. The summed E-state index contributed by atoms with van der Waals surface area (Å²) in [7, 11) is 0. The summed E-state index contributed by atoms with van der Waals surface area (Å²) in [5.74, 6) is 2.71. The molecule has 3 rings (SSSR count). The highest BCUT2D eigenvalue weighted by Crippen LogP contribution is 2.34. The van der Waals surface area contributed by atoms with Crippen LogP contribution in [0.3, 0.4) is 0 Å². The van der Waals surface area contributed by atoms with E-state index in [2.05, 4.69) is 13.8 Å². The maximum atomic E-state index is 12.0. The van der Waals surface area contributed by atoms with Gasteiger partial charge in [0.15, 0.2) is 0 Å². The lowest BCUT2D eigenvalue weighted by molar-refractivity contribution is -0.156. The van der Waals surface area contributed by atoms with E-state index in [0.717, 1.165) is 69.0 Å². The quantitative estimate of drug-likeness (QED) is 0.333. The average Bonchev–Trinajstić information content (AvgIpc) is 2.85. The van der Waals surface area contributed by atoms with Crippen LogP contribution in [0.2, 0.25) is 0 Å². The Morgan fingerprint density at radius 3 is 1.91 bits per heavy atom. The number of aliphatic hydroxyl groups is 3. The van der Waals surface area contributed by atoms with Crippen LogP contribution < -0.4 is 0 Å². The molecule has 0 bridgehead atoms. The van der Waals surface area contributed by atoms with Gasteiger partial charge in [0.2, 0.25) is 0 Å². The smallest absolute Gasteiger partial charge is 0.311 e. The number of hydrogen-bond donors (Lipinski definition) is 3. The molecule has 4 unspecified atom stereocenters. The molecule has 0 aromatic heterocycles. The number of ether oxygens (including phenoxy) is 2. The zero-order valence-electron chi connectivity index (χ0n) is 21.8. The zero-order valence-corrected chi connectivity index (χ0v) is 21.8. The van der Waals surface area contributed by atoms with Crippen molar-refractivity contribution in [2.45, 2.75) is 110 Å². The van der Waals surface area contributed by atoms with Crippen molar-refractivity contribution in [3.8, 4) is 0 Å². The first kappa shape index (κ1) is 29.1. The van der Waals surface area contributed by atoms with E-state index in [-0.39, 0.29) is 30.5 Å². The fourth-order valence-corrected chi connectivity index (χ4v) is 5.73. The van der Waals surface area contributed by atoms with Crippen molar-refractivity contribution in [2.24, 2.45) is 29.6 Å². The minimum absolute atomic E-state index is 0.0279.